The minimum atomic E-state index is 0.929. The van der Waals surface area contributed by atoms with Crippen LogP contribution in [0, 0.1) is 0 Å². The highest BCUT2D eigenvalue weighted by atomic mass is 16.3. The van der Waals surface area contributed by atoms with Crippen LogP contribution in [0.4, 0.5) is 34.1 Å². The second-order valence-electron chi connectivity index (χ2n) is 13.4. The minimum absolute atomic E-state index is 0.929. The number of anilines is 6. The van der Waals surface area contributed by atoms with E-state index >= 15 is 0 Å². The molecule has 0 N–H and O–H groups in total. The summed E-state index contributed by atoms with van der Waals surface area (Å²) in [5, 5.41) is 4.80. The van der Waals surface area contributed by atoms with Crippen molar-refractivity contribution in [3.05, 3.63) is 206 Å². The fourth-order valence-corrected chi connectivity index (χ4v) is 7.68. The molecule has 0 spiro atoms. The summed E-state index contributed by atoms with van der Waals surface area (Å²) in [5.74, 6) is 0. The number of benzene rings is 9. The standard InChI is InChI=1S/C50H34N2O/c1-4-11-35(12-5-1)36-21-26-42(27-22-36)52(45-32-30-44(31-33-45)51(40-14-6-2-7-15-40)41-16-8-3-9-17-41)43-28-23-37(24-29-43)46-34-25-39-20-19-38-13-10-18-47-48(38)49(39)50(46)53-47/h1-34H. The first-order valence-electron chi connectivity index (χ1n) is 18.0. The second-order valence-corrected chi connectivity index (χ2v) is 13.4. The molecule has 0 atom stereocenters. The van der Waals surface area contributed by atoms with Crippen LogP contribution in [-0.4, -0.2) is 0 Å². The lowest BCUT2D eigenvalue weighted by atomic mass is 9.97. The van der Waals surface area contributed by atoms with Crippen molar-refractivity contribution >= 4 is 66.8 Å². The topological polar surface area (TPSA) is 19.6 Å². The molecule has 1 heterocycles. The van der Waals surface area contributed by atoms with Gasteiger partial charge in [-0.05, 0) is 112 Å². The van der Waals surface area contributed by atoms with Crippen molar-refractivity contribution in [2.24, 2.45) is 0 Å². The summed E-state index contributed by atoms with van der Waals surface area (Å²) in [7, 11) is 0. The summed E-state index contributed by atoms with van der Waals surface area (Å²) >= 11 is 0. The maximum atomic E-state index is 6.54. The lowest BCUT2D eigenvalue weighted by molar-refractivity contribution is 0.670. The monoisotopic (exact) mass is 678 g/mol. The van der Waals surface area contributed by atoms with Crippen molar-refractivity contribution in [1.82, 2.24) is 0 Å². The van der Waals surface area contributed by atoms with Crippen LogP contribution in [0.25, 0.3) is 55.0 Å². The van der Waals surface area contributed by atoms with E-state index in [2.05, 4.69) is 216 Å². The molecule has 0 aliphatic heterocycles. The highest BCUT2D eigenvalue weighted by Gasteiger charge is 2.19. The third-order valence-corrected chi connectivity index (χ3v) is 10.2. The molecule has 9 aromatic carbocycles. The van der Waals surface area contributed by atoms with Gasteiger partial charge in [-0.3, -0.25) is 0 Å². The fourth-order valence-electron chi connectivity index (χ4n) is 7.68. The van der Waals surface area contributed by atoms with E-state index in [4.69, 9.17) is 4.42 Å². The zero-order valence-electron chi connectivity index (χ0n) is 28.9. The van der Waals surface area contributed by atoms with E-state index in [0.29, 0.717) is 0 Å². The van der Waals surface area contributed by atoms with Gasteiger partial charge in [0.25, 0.3) is 0 Å². The maximum Gasteiger partial charge on any atom is 0.143 e. The Morgan fingerprint density at radius 1 is 0.283 bits per heavy atom. The summed E-state index contributed by atoms with van der Waals surface area (Å²) in [4.78, 5) is 4.62. The van der Waals surface area contributed by atoms with Crippen molar-refractivity contribution in [2.75, 3.05) is 9.80 Å². The number of hydrogen-bond donors (Lipinski definition) is 0. The van der Waals surface area contributed by atoms with E-state index in [0.717, 1.165) is 56.4 Å². The van der Waals surface area contributed by atoms with Gasteiger partial charge in [0.05, 0.1) is 0 Å². The van der Waals surface area contributed by atoms with E-state index in [1.165, 1.54) is 32.7 Å². The van der Waals surface area contributed by atoms with E-state index in [1.54, 1.807) is 0 Å². The van der Waals surface area contributed by atoms with Gasteiger partial charge in [0.15, 0.2) is 0 Å². The Labute approximate surface area is 308 Å². The summed E-state index contributed by atoms with van der Waals surface area (Å²) in [6.45, 7) is 0. The molecule has 0 amide bonds. The van der Waals surface area contributed by atoms with Crippen molar-refractivity contribution in [3.8, 4) is 22.3 Å². The lowest BCUT2D eigenvalue weighted by Gasteiger charge is -2.28. The molecule has 10 rings (SSSR count). The Morgan fingerprint density at radius 2 is 0.698 bits per heavy atom. The van der Waals surface area contributed by atoms with Crippen LogP contribution in [0.15, 0.2) is 211 Å². The Kier molecular flexibility index (Phi) is 7.47. The van der Waals surface area contributed by atoms with Gasteiger partial charge >= 0.3 is 0 Å². The van der Waals surface area contributed by atoms with Crippen LogP contribution >= 0.6 is 0 Å². The van der Waals surface area contributed by atoms with Crippen LogP contribution < -0.4 is 9.80 Å². The first kappa shape index (κ1) is 30.7. The van der Waals surface area contributed by atoms with Crippen molar-refractivity contribution in [3.63, 3.8) is 0 Å². The molecule has 0 saturated carbocycles. The predicted octanol–water partition coefficient (Wildman–Crippen LogP) is 14.5. The predicted molar refractivity (Wildman–Crippen MR) is 223 cm³/mol. The molecule has 0 radical (unpaired) electrons. The Bertz CT molecular complexity index is 2750. The highest BCUT2D eigenvalue weighted by Crippen LogP contribution is 2.43. The molecule has 0 bridgehead atoms. The minimum Gasteiger partial charge on any atom is -0.455 e. The Hall–Kier alpha value is -7.10. The molecule has 1 aromatic heterocycles. The maximum absolute atomic E-state index is 6.54. The van der Waals surface area contributed by atoms with Crippen LogP contribution in [0.2, 0.25) is 0 Å². The number of nitrogens with zero attached hydrogens (tertiary/aromatic N) is 2. The summed E-state index contributed by atoms with van der Waals surface area (Å²) < 4.78 is 6.54. The second kappa shape index (κ2) is 12.9. The molecule has 0 aliphatic carbocycles. The third-order valence-electron chi connectivity index (χ3n) is 10.2. The molecule has 53 heavy (non-hydrogen) atoms. The quantitative estimate of drug-likeness (QED) is 0.149. The smallest absolute Gasteiger partial charge is 0.143 e. The molecule has 250 valence electrons. The average molecular weight is 679 g/mol. The SMILES string of the molecule is c1ccc(-c2ccc(N(c3ccc(-c4ccc5ccc6cccc7oc4c5c67)cc3)c3ccc(N(c4ccccc4)c4ccccc4)cc3)cc2)cc1. The van der Waals surface area contributed by atoms with Gasteiger partial charge in [0, 0.05) is 50.5 Å². The summed E-state index contributed by atoms with van der Waals surface area (Å²) in [5.41, 5.74) is 13.0. The van der Waals surface area contributed by atoms with E-state index in [-0.39, 0.29) is 0 Å². The van der Waals surface area contributed by atoms with Crippen molar-refractivity contribution < 1.29 is 4.42 Å². The molecule has 0 fully saturated rings. The van der Waals surface area contributed by atoms with Gasteiger partial charge in [-0.2, -0.15) is 0 Å². The van der Waals surface area contributed by atoms with Crippen LogP contribution in [0.5, 0.6) is 0 Å². The Balaban J connectivity index is 1.06. The highest BCUT2D eigenvalue weighted by molar-refractivity contribution is 6.24. The molecule has 10 aromatic rings. The lowest BCUT2D eigenvalue weighted by Crippen LogP contribution is -2.12. The van der Waals surface area contributed by atoms with E-state index in [1.807, 2.05) is 0 Å². The van der Waals surface area contributed by atoms with Crippen molar-refractivity contribution in [1.29, 1.82) is 0 Å². The first-order chi connectivity index (χ1) is 26.3. The zero-order chi connectivity index (χ0) is 35.1. The van der Waals surface area contributed by atoms with Gasteiger partial charge in [0.1, 0.15) is 11.2 Å². The molecular formula is C50H34N2O. The molecule has 0 unspecified atom stereocenters. The van der Waals surface area contributed by atoms with Crippen LogP contribution in [0.3, 0.4) is 0 Å². The van der Waals surface area contributed by atoms with Crippen LogP contribution in [-0.2, 0) is 0 Å². The van der Waals surface area contributed by atoms with Crippen molar-refractivity contribution in [2.45, 2.75) is 0 Å². The number of hydrogen-bond acceptors (Lipinski definition) is 3. The van der Waals surface area contributed by atoms with Gasteiger partial charge < -0.3 is 14.2 Å². The first-order valence-corrected chi connectivity index (χ1v) is 18.0. The van der Waals surface area contributed by atoms with Gasteiger partial charge in [-0.1, -0.05) is 121 Å². The largest absolute Gasteiger partial charge is 0.455 e. The number of rotatable bonds is 8. The molecular weight excluding hydrogens is 645 g/mol. The fraction of sp³-hybridized carbons (Fsp3) is 0. The van der Waals surface area contributed by atoms with Gasteiger partial charge in [-0.25, -0.2) is 0 Å². The van der Waals surface area contributed by atoms with Gasteiger partial charge in [-0.15, -0.1) is 0 Å². The van der Waals surface area contributed by atoms with Crippen LogP contribution in [0.1, 0.15) is 0 Å². The summed E-state index contributed by atoms with van der Waals surface area (Å²) in [6, 6.07) is 73.2. The van der Waals surface area contributed by atoms with E-state index in [9.17, 15) is 0 Å². The zero-order valence-corrected chi connectivity index (χ0v) is 28.9. The number of para-hydroxylation sites is 2. The Morgan fingerprint density at radius 3 is 1.25 bits per heavy atom. The molecule has 3 heteroatoms. The normalized spacial score (nSPS) is 11.4. The summed E-state index contributed by atoms with van der Waals surface area (Å²) in [6.07, 6.45) is 0. The van der Waals surface area contributed by atoms with E-state index < -0.39 is 0 Å². The number of furan rings is 1. The molecule has 3 nitrogen and oxygen atoms in total. The van der Waals surface area contributed by atoms with Gasteiger partial charge in [0.2, 0.25) is 0 Å². The average Bonchev–Trinajstić information content (AvgIpc) is 3.64. The molecule has 0 aliphatic rings. The molecule has 0 saturated heterocycles. The third kappa shape index (κ3) is 5.47.